The summed E-state index contributed by atoms with van der Waals surface area (Å²) in [6.07, 6.45) is 2.70. The van der Waals surface area contributed by atoms with Crippen LogP contribution in [0, 0.1) is 0 Å². The molecule has 92 valence electrons. The van der Waals surface area contributed by atoms with Gasteiger partial charge in [-0.05, 0) is 23.0 Å². The molecular formula is C11H9ClN4S2. The Balaban J connectivity index is 1.75. The molecule has 18 heavy (non-hydrogen) atoms. The van der Waals surface area contributed by atoms with Crippen molar-refractivity contribution in [1.82, 2.24) is 15.0 Å². The third kappa shape index (κ3) is 2.45. The molecule has 0 aliphatic heterocycles. The van der Waals surface area contributed by atoms with Crippen molar-refractivity contribution in [1.29, 1.82) is 0 Å². The third-order valence-corrected chi connectivity index (χ3v) is 4.23. The van der Waals surface area contributed by atoms with Crippen molar-refractivity contribution in [3.63, 3.8) is 0 Å². The summed E-state index contributed by atoms with van der Waals surface area (Å²) >= 11 is 9.11. The summed E-state index contributed by atoms with van der Waals surface area (Å²) < 4.78 is 0. The first-order valence-corrected chi connectivity index (χ1v) is 7.49. The van der Waals surface area contributed by atoms with Gasteiger partial charge in [0.15, 0.2) is 0 Å². The van der Waals surface area contributed by atoms with Gasteiger partial charge >= 0.3 is 0 Å². The highest BCUT2D eigenvalue weighted by molar-refractivity contribution is 7.16. The Hall–Kier alpha value is -1.24. The minimum absolute atomic E-state index is 0.279. The largest absolute Gasteiger partial charge is 0.369 e. The Morgan fingerprint density at radius 3 is 3.00 bits per heavy atom. The lowest BCUT2D eigenvalue weighted by Crippen LogP contribution is -2.06. The first-order chi connectivity index (χ1) is 8.83. The number of halogens is 1. The number of thiazole rings is 1. The van der Waals surface area contributed by atoms with Crippen LogP contribution in [-0.4, -0.2) is 21.5 Å². The maximum atomic E-state index is 5.89. The molecule has 0 spiro atoms. The highest BCUT2D eigenvalue weighted by Crippen LogP contribution is 2.26. The first kappa shape index (κ1) is 11.8. The number of thiophene rings is 1. The Morgan fingerprint density at radius 1 is 1.22 bits per heavy atom. The molecule has 0 aliphatic carbocycles. The van der Waals surface area contributed by atoms with Crippen LogP contribution in [0.4, 0.5) is 5.82 Å². The van der Waals surface area contributed by atoms with Crippen LogP contribution in [0.2, 0.25) is 5.28 Å². The molecule has 0 bridgehead atoms. The molecule has 3 aromatic rings. The predicted molar refractivity (Wildman–Crippen MR) is 76.7 cm³/mol. The van der Waals surface area contributed by atoms with E-state index in [1.54, 1.807) is 22.7 Å². The van der Waals surface area contributed by atoms with Gasteiger partial charge in [-0.1, -0.05) is 0 Å². The van der Waals surface area contributed by atoms with Crippen molar-refractivity contribution in [3.05, 3.63) is 33.3 Å². The van der Waals surface area contributed by atoms with Crippen molar-refractivity contribution in [2.24, 2.45) is 0 Å². The molecule has 0 amide bonds. The van der Waals surface area contributed by atoms with E-state index < -0.39 is 0 Å². The van der Waals surface area contributed by atoms with E-state index in [1.165, 1.54) is 0 Å². The highest BCUT2D eigenvalue weighted by atomic mass is 35.5. The molecule has 1 N–H and O–H groups in total. The number of nitrogens with zero attached hydrogens (tertiary/aromatic N) is 3. The van der Waals surface area contributed by atoms with Crippen molar-refractivity contribution < 1.29 is 0 Å². The summed E-state index contributed by atoms with van der Waals surface area (Å²) in [6.45, 7) is 0.784. The fraction of sp³-hybridized carbons (Fsp3) is 0.182. The maximum absolute atomic E-state index is 5.89. The Labute approximate surface area is 117 Å². The monoisotopic (exact) mass is 296 g/mol. The summed E-state index contributed by atoms with van der Waals surface area (Å²) in [6, 6.07) is 2.00. The fourth-order valence-corrected chi connectivity index (χ4v) is 3.23. The van der Waals surface area contributed by atoms with Gasteiger partial charge in [-0.15, -0.1) is 22.7 Å². The molecule has 0 saturated carbocycles. The second kappa shape index (κ2) is 5.17. The average Bonchev–Trinajstić information content (AvgIpc) is 2.98. The fourth-order valence-electron chi connectivity index (χ4n) is 1.63. The van der Waals surface area contributed by atoms with Gasteiger partial charge < -0.3 is 5.32 Å². The number of fused-ring (bicyclic) bond motifs is 1. The van der Waals surface area contributed by atoms with Crippen molar-refractivity contribution in [2.45, 2.75) is 6.42 Å². The molecule has 3 rings (SSSR count). The minimum Gasteiger partial charge on any atom is -0.369 e. The Kier molecular flexibility index (Phi) is 3.40. The van der Waals surface area contributed by atoms with E-state index in [9.17, 15) is 0 Å². The average molecular weight is 297 g/mol. The second-order valence-corrected chi connectivity index (χ2v) is 5.80. The van der Waals surface area contributed by atoms with Gasteiger partial charge in [-0.2, -0.15) is 0 Å². The van der Waals surface area contributed by atoms with Crippen LogP contribution in [0.25, 0.3) is 10.2 Å². The van der Waals surface area contributed by atoms with E-state index in [4.69, 9.17) is 11.6 Å². The number of hydrogen-bond acceptors (Lipinski definition) is 6. The van der Waals surface area contributed by atoms with E-state index in [2.05, 4.69) is 20.3 Å². The van der Waals surface area contributed by atoms with Gasteiger partial charge in [0.25, 0.3) is 0 Å². The summed E-state index contributed by atoms with van der Waals surface area (Å²) in [5.74, 6) is 0.794. The van der Waals surface area contributed by atoms with E-state index in [-0.39, 0.29) is 5.28 Å². The summed E-state index contributed by atoms with van der Waals surface area (Å²) in [7, 11) is 0. The van der Waals surface area contributed by atoms with E-state index in [1.807, 2.05) is 23.0 Å². The second-order valence-electron chi connectivity index (χ2n) is 3.58. The van der Waals surface area contributed by atoms with Gasteiger partial charge in [0.05, 0.1) is 10.4 Å². The third-order valence-electron chi connectivity index (χ3n) is 2.41. The first-order valence-electron chi connectivity index (χ1n) is 5.36. The van der Waals surface area contributed by atoms with Crippen LogP contribution < -0.4 is 5.32 Å². The van der Waals surface area contributed by atoms with E-state index in [0.29, 0.717) is 0 Å². The number of hydrogen-bond donors (Lipinski definition) is 1. The molecule has 0 atom stereocenters. The lowest BCUT2D eigenvalue weighted by Gasteiger charge is -2.05. The zero-order valence-electron chi connectivity index (χ0n) is 9.26. The number of anilines is 1. The molecule has 0 aliphatic rings. The molecule has 3 aromatic heterocycles. The van der Waals surface area contributed by atoms with Gasteiger partial charge in [0, 0.05) is 24.5 Å². The zero-order chi connectivity index (χ0) is 12.4. The summed E-state index contributed by atoms with van der Waals surface area (Å²) in [5.41, 5.74) is 0. The van der Waals surface area contributed by atoms with Crippen molar-refractivity contribution in [3.8, 4) is 0 Å². The highest BCUT2D eigenvalue weighted by Gasteiger charge is 2.07. The van der Waals surface area contributed by atoms with Gasteiger partial charge in [0.1, 0.15) is 10.6 Å². The van der Waals surface area contributed by atoms with Gasteiger partial charge in [-0.3, -0.25) is 0 Å². The number of rotatable bonds is 4. The summed E-state index contributed by atoms with van der Waals surface area (Å²) in [5, 5.41) is 9.67. The van der Waals surface area contributed by atoms with Crippen molar-refractivity contribution in [2.75, 3.05) is 11.9 Å². The Bertz CT molecular complexity index is 650. The van der Waals surface area contributed by atoms with Crippen molar-refractivity contribution >= 4 is 50.3 Å². The molecule has 7 heteroatoms. The normalized spacial score (nSPS) is 10.9. The van der Waals surface area contributed by atoms with E-state index in [0.717, 1.165) is 34.0 Å². The lowest BCUT2D eigenvalue weighted by atomic mass is 10.3. The number of aromatic nitrogens is 3. The topological polar surface area (TPSA) is 50.7 Å². The maximum Gasteiger partial charge on any atom is 0.225 e. The molecule has 0 aromatic carbocycles. The van der Waals surface area contributed by atoms with Crippen LogP contribution >= 0.6 is 34.3 Å². The Morgan fingerprint density at radius 2 is 2.17 bits per heavy atom. The quantitative estimate of drug-likeness (QED) is 0.749. The van der Waals surface area contributed by atoms with E-state index >= 15 is 0 Å². The predicted octanol–water partition coefficient (Wildman–Crippen LogP) is 3.46. The lowest BCUT2D eigenvalue weighted by molar-refractivity contribution is 0.988. The van der Waals surface area contributed by atoms with Crippen LogP contribution in [0.15, 0.2) is 23.0 Å². The standard InChI is InChI=1S/C11H9ClN4S2/c12-11-15-9(7-2-5-18-10(7)16-11)14-3-1-8-13-4-6-17-8/h2,4-6H,1,3H2,(H,14,15,16). The van der Waals surface area contributed by atoms with Gasteiger partial charge in [0.2, 0.25) is 5.28 Å². The van der Waals surface area contributed by atoms with Crippen LogP contribution in [0.3, 0.4) is 0 Å². The molecule has 0 radical (unpaired) electrons. The zero-order valence-corrected chi connectivity index (χ0v) is 11.6. The smallest absolute Gasteiger partial charge is 0.225 e. The molecule has 3 heterocycles. The van der Waals surface area contributed by atoms with Crippen LogP contribution in [0.1, 0.15) is 5.01 Å². The summed E-state index contributed by atoms with van der Waals surface area (Å²) in [4.78, 5) is 13.6. The molecule has 0 unspecified atom stereocenters. The van der Waals surface area contributed by atoms with Gasteiger partial charge in [-0.25, -0.2) is 15.0 Å². The van der Waals surface area contributed by atoms with Crippen LogP contribution in [-0.2, 0) is 6.42 Å². The molecule has 4 nitrogen and oxygen atoms in total. The minimum atomic E-state index is 0.279. The SMILES string of the molecule is Clc1nc(NCCc2nccs2)c2ccsc2n1. The molecule has 0 saturated heterocycles. The molecular weight excluding hydrogens is 288 g/mol. The van der Waals surface area contributed by atoms with Crippen LogP contribution in [0.5, 0.6) is 0 Å². The molecule has 0 fully saturated rings. The number of nitrogens with one attached hydrogen (secondary N) is 1.